The van der Waals surface area contributed by atoms with Gasteiger partial charge in [-0.05, 0) is 54.7 Å². The zero-order chi connectivity index (χ0) is 16.2. The maximum atomic E-state index is 11.6. The first-order chi connectivity index (χ1) is 11.1. The van der Waals surface area contributed by atoms with E-state index in [1.807, 2.05) is 12.1 Å². The minimum Gasteiger partial charge on any atom is -0.481 e. The number of anilines is 1. The van der Waals surface area contributed by atoms with Crippen molar-refractivity contribution in [3.8, 4) is 0 Å². The molecule has 1 N–H and O–H groups in total. The highest BCUT2D eigenvalue weighted by Gasteiger charge is 2.20. The molecule has 120 valence electrons. The van der Waals surface area contributed by atoms with Crippen LogP contribution in [0.5, 0.6) is 0 Å². The smallest absolute Gasteiger partial charge is 0.311 e. The highest BCUT2D eigenvalue weighted by molar-refractivity contribution is 6.30. The van der Waals surface area contributed by atoms with E-state index in [-0.39, 0.29) is 0 Å². The van der Waals surface area contributed by atoms with E-state index in [0.29, 0.717) is 11.4 Å². The van der Waals surface area contributed by atoms with Gasteiger partial charge in [-0.2, -0.15) is 0 Å². The fourth-order valence-electron chi connectivity index (χ4n) is 3.10. The fourth-order valence-corrected chi connectivity index (χ4v) is 3.22. The Hall–Kier alpha value is -2.00. The summed E-state index contributed by atoms with van der Waals surface area (Å²) in [6.07, 6.45) is 2.98. The topological polar surface area (TPSA) is 40.5 Å². The summed E-state index contributed by atoms with van der Waals surface area (Å²) >= 11 is 5.88. The van der Waals surface area contributed by atoms with Crippen molar-refractivity contribution in [1.29, 1.82) is 0 Å². The molecule has 1 unspecified atom stereocenters. The van der Waals surface area contributed by atoms with Crippen LogP contribution in [0.25, 0.3) is 0 Å². The van der Waals surface area contributed by atoms with E-state index in [0.717, 1.165) is 24.2 Å². The van der Waals surface area contributed by atoms with Crippen molar-refractivity contribution in [2.45, 2.75) is 25.2 Å². The van der Waals surface area contributed by atoms with Crippen LogP contribution in [0.3, 0.4) is 0 Å². The van der Waals surface area contributed by atoms with E-state index in [1.165, 1.54) is 18.5 Å². The van der Waals surface area contributed by atoms with Crippen molar-refractivity contribution in [2.75, 3.05) is 18.0 Å². The molecule has 1 atom stereocenters. The molecule has 0 bridgehead atoms. The van der Waals surface area contributed by atoms with Crippen LogP contribution in [0.4, 0.5) is 5.69 Å². The summed E-state index contributed by atoms with van der Waals surface area (Å²) in [5.41, 5.74) is 3.05. The third-order valence-corrected chi connectivity index (χ3v) is 4.67. The zero-order valence-corrected chi connectivity index (χ0v) is 13.7. The lowest BCUT2D eigenvalue weighted by Gasteiger charge is -2.18. The first kappa shape index (κ1) is 15.9. The Kier molecular flexibility index (Phi) is 4.87. The van der Waals surface area contributed by atoms with E-state index in [9.17, 15) is 9.90 Å². The maximum absolute atomic E-state index is 11.6. The van der Waals surface area contributed by atoms with Gasteiger partial charge in [-0.25, -0.2) is 0 Å². The Morgan fingerprint density at radius 2 is 1.65 bits per heavy atom. The molecule has 0 aliphatic carbocycles. The van der Waals surface area contributed by atoms with Crippen LogP contribution in [0.15, 0.2) is 48.5 Å². The van der Waals surface area contributed by atoms with Crippen molar-refractivity contribution < 1.29 is 9.90 Å². The molecule has 1 aliphatic rings. The Bertz CT molecular complexity index is 661. The first-order valence-corrected chi connectivity index (χ1v) is 8.33. The van der Waals surface area contributed by atoms with Crippen LogP contribution in [-0.2, 0) is 11.2 Å². The lowest BCUT2D eigenvalue weighted by atomic mass is 9.92. The van der Waals surface area contributed by atoms with Gasteiger partial charge in [-0.1, -0.05) is 35.9 Å². The van der Waals surface area contributed by atoms with Crippen LogP contribution in [0.2, 0.25) is 5.02 Å². The largest absolute Gasteiger partial charge is 0.481 e. The monoisotopic (exact) mass is 329 g/mol. The number of aliphatic carboxylic acids is 1. The van der Waals surface area contributed by atoms with E-state index in [2.05, 4.69) is 17.0 Å². The van der Waals surface area contributed by atoms with Crippen molar-refractivity contribution >= 4 is 23.3 Å². The van der Waals surface area contributed by atoms with Gasteiger partial charge in [-0.15, -0.1) is 0 Å². The average Bonchev–Trinajstić information content (AvgIpc) is 3.08. The molecule has 2 aromatic rings. The van der Waals surface area contributed by atoms with Crippen molar-refractivity contribution in [3.05, 3.63) is 64.7 Å². The average molecular weight is 330 g/mol. The Morgan fingerprint density at radius 3 is 2.22 bits per heavy atom. The summed E-state index contributed by atoms with van der Waals surface area (Å²) in [5.74, 6) is -1.36. The van der Waals surface area contributed by atoms with Gasteiger partial charge in [0, 0.05) is 23.8 Å². The predicted octanol–water partition coefficient (Wildman–Crippen LogP) is 4.35. The number of hydrogen-bond donors (Lipinski definition) is 1. The molecule has 1 fully saturated rings. The number of rotatable bonds is 5. The van der Waals surface area contributed by atoms with Crippen LogP contribution in [0.1, 0.15) is 29.9 Å². The highest BCUT2D eigenvalue weighted by atomic mass is 35.5. The second kappa shape index (κ2) is 7.05. The molecular weight excluding hydrogens is 310 g/mol. The minimum atomic E-state index is -0.809. The normalized spacial score (nSPS) is 15.6. The maximum Gasteiger partial charge on any atom is 0.311 e. The van der Waals surface area contributed by atoms with Crippen LogP contribution < -0.4 is 4.90 Å². The van der Waals surface area contributed by atoms with Gasteiger partial charge in [0.1, 0.15) is 0 Å². The van der Waals surface area contributed by atoms with Crippen molar-refractivity contribution in [1.82, 2.24) is 0 Å². The van der Waals surface area contributed by atoms with Crippen molar-refractivity contribution in [2.24, 2.45) is 0 Å². The molecule has 23 heavy (non-hydrogen) atoms. The van der Waals surface area contributed by atoms with E-state index in [4.69, 9.17) is 11.6 Å². The molecule has 1 heterocycles. The minimum absolute atomic E-state index is 0.483. The molecule has 0 radical (unpaired) electrons. The van der Waals surface area contributed by atoms with E-state index >= 15 is 0 Å². The fraction of sp³-hybridized carbons (Fsp3) is 0.316. The SMILES string of the molecule is O=C(O)C(Cc1ccc(N2CCCC2)cc1)c1ccc(Cl)cc1. The molecule has 1 saturated heterocycles. The Morgan fingerprint density at radius 1 is 1.04 bits per heavy atom. The van der Waals surface area contributed by atoms with Gasteiger partial charge in [-0.3, -0.25) is 4.79 Å². The van der Waals surface area contributed by atoms with Gasteiger partial charge in [0.05, 0.1) is 5.92 Å². The molecule has 0 aromatic heterocycles. The number of nitrogens with zero attached hydrogens (tertiary/aromatic N) is 1. The summed E-state index contributed by atoms with van der Waals surface area (Å²) in [6.45, 7) is 2.23. The lowest BCUT2D eigenvalue weighted by Crippen LogP contribution is -2.17. The predicted molar refractivity (Wildman–Crippen MR) is 93.4 cm³/mol. The van der Waals surface area contributed by atoms with Gasteiger partial charge in [0.15, 0.2) is 0 Å². The van der Waals surface area contributed by atoms with Gasteiger partial charge in [0.2, 0.25) is 0 Å². The second-order valence-electron chi connectivity index (χ2n) is 6.01. The van der Waals surface area contributed by atoms with Crippen molar-refractivity contribution in [3.63, 3.8) is 0 Å². The molecule has 3 nitrogen and oxygen atoms in total. The number of hydrogen-bond acceptors (Lipinski definition) is 2. The number of carboxylic acid groups (broad SMARTS) is 1. The number of carbonyl (C=O) groups is 1. The Labute approximate surface area is 141 Å². The number of halogens is 1. The summed E-state index contributed by atoms with van der Waals surface area (Å²) in [5, 5.41) is 10.2. The molecule has 2 aromatic carbocycles. The van der Waals surface area contributed by atoms with E-state index in [1.54, 1.807) is 24.3 Å². The first-order valence-electron chi connectivity index (χ1n) is 7.95. The summed E-state index contributed by atoms with van der Waals surface area (Å²) in [7, 11) is 0. The quantitative estimate of drug-likeness (QED) is 0.886. The standard InChI is InChI=1S/C19H20ClNO2/c20-16-7-5-15(6-8-16)18(19(22)23)13-14-3-9-17(10-4-14)21-11-1-2-12-21/h3-10,18H,1-2,11-13H2,(H,22,23). The third kappa shape index (κ3) is 3.85. The molecule has 0 saturated carbocycles. The van der Waals surface area contributed by atoms with Crippen LogP contribution in [-0.4, -0.2) is 24.2 Å². The summed E-state index contributed by atoms with van der Waals surface area (Å²) in [4.78, 5) is 14.0. The van der Waals surface area contributed by atoms with E-state index < -0.39 is 11.9 Å². The van der Waals surface area contributed by atoms with Gasteiger partial charge < -0.3 is 10.0 Å². The summed E-state index contributed by atoms with van der Waals surface area (Å²) < 4.78 is 0. The molecule has 0 amide bonds. The molecular formula is C19H20ClNO2. The number of benzene rings is 2. The van der Waals surface area contributed by atoms with Crippen LogP contribution in [0, 0.1) is 0 Å². The summed E-state index contributed by atoms with van der Waals surface area (Å²) in [6, 6.07) is 15.3. The van der Waals surface area contributed by atoms with Gasteiger partial charge >= 0.3 is 5.97 Å². The lowest BCUT2D eigenvalue weighted by molar-refractivity contribution is -0.138. The Balaban J connectivity index is 1.75. The molecule has 3 rings (SSSR count). The number of carboxylic acids is 1. The molecule has 4 heteroatoms. The highest BCUT2D eigenvalue weighted by Crippen LogP contribution is 2.25. The molecule has 1 aliphatic heterocycles. The second-order valence-corrected chi connectivity index (χ2v) is 6.44. The third-order valence-electron chi connectivity index (χ3n) is 4.42. The van der Waals surface area contributed by atoms with Crippen LogP contribution >= 0.6 is 11.6 Å². The van der Waals surface area contributed by atoms with Gasteiger partial charge in [0.25, 0.3) is 0 Å². The zero-order valence-electron chi connectivity index (χ0n) is 12.9. The molecule has 0 spiro atoms.